The fourth-order valence-electron chi connectivity index (χ4n) is 3.54. The van der Waals surface area contributed by atoms with Gasteiger partial charge in [0.15, 0.2) is 0 Å². The summed E-state index contributed by atoms with van der Waals surface area (Å²) in [4.78, 5) is 48.1. The van der Waals surface area contributed by atoms with Crippen LogP contribution in [0, 0.1) is 10.1 Å². The summed E-state index contributed by atoms with van der Waals surface area (Å²) < 4.78 is 5.12. The number of hydrogen-bond donors (Lipinski definition) is 3. The molecule has 1 atom stereocenters. The summed E-state index contributed by atoms with van der Waals surface area (Å²) in [6, 6.07) is 5.84. The van der Waals surface area contributed by atoms with Crippen LogP contribution in [0.25, 0.3) is 0 Å². The third-order valence-electron chi connectivity index (χ3n) is 5.13. The molecule has 10 nitrogen and oxygen atoms in total. The van der Waals surface area contributed by atoms with Crippen molar-refractivity contribution < 1.29 is 24.0 Å². The quantitative estimate of drug-likeness (QED) is 0.236. The average molecular weight is 542 g/mol. The molecule has 0 bridgehead atoms. The molecule has 1 unspecified atom stereocenters. The summed E-state index contributed by atoms with van der Waals surface area (Å²) in [5.41, 5.74) is -0.0269. The Bertz CT molecular complexity index is 867. The van der Waals surface area contributed by atoms with Gasteiger partial charge in [-0.25, -0.2) is 0 Å². The van der Waals surface area contributed by atoms with Crippen molar-refractivity contribution in [3.63, 3.8) is 0 Å². The number of alkyl carbamates (subject to hydrolysis) is 1. The van der Waals surface area contributed by atoms with Crippen molar-refractivity contribution in [3.8, 4) is 0 Å². The van der Waals surface area contributed by atoms with Gasteiger partial charge < -0.3 is 0 Å². The molecule has 1 saturated carbocycles. The molecule has 3 amide bonds. The summed E-state index contributed by atoms with van der Waals surface area (Å²) in [6.45, 7) is 4.84. The first-order valence-corrected chi connectivity index (χ1v) is 13.8. The van der Waals surface area contributed by atoms with Gasteiger partial charge in [0.1, 0.15) is 0 Å². The number of para-hydroxylation sites is 1. The number of carbonyl (C=O) groups is 3. The molecule has 188 valence electrons. The standard InChI is InChI=1S/C23H34N4O6Se/c1-23(2,3)33-22(30)24-13-20(28)26-18(21(29)25-17-10-5-4-6-11-17)15-34-14-16-9-7-8-12-19(16)27(31)32/h7-9,12,17-18H,4-6,10-11,13-15H2,1-3H3,(H,24,30)(H,25,29)(H,26,28). The van der Waals surface area contributed by atoms with Crippen LogP contribution in [-0.2, 0) is 19.6 Å². The van der Waals surface area contributed by atoms with Gasteiger partial charge >= 0.3 is 206 Å². The molecule has 11 heteroatoms. The molecule has 0 radical (unpaired) electrons. The molecule has 0 spiro atoms. The van der Waals surface area contributed by atoms with Gasteiger partial charge in [-0.3, -0.25) is 0 Å². The molecule has 34 heavy (non-hydrogen) atoms. The third kappa shape index (κ3) is 10.1. The van der Waals surface area contributed by atoms with Gasteiger partial charge in [-0.05, 0) is 0 Å². The Morgan fingerprint density at radius 3 is 2.50 bits per heavy atom. The van der Waals surface area contributed by atoms with E-state index in [1.165, 1.54) is 6.07 Å². The Labute approximate surface area is 206 Å². The molecule has 1 aromatic carbocycles. The summed E-state index contributed by atoms with van der Waals surface area (Å²) >= 11 is -0.174. The Balaban J connectivity index is 1.96. The van der Waals surface area contributed by atoms with Crippen LogP contribution < -0.4 is 16.0 Å². The predicted molar refractivity (Wildman–Crippen MR) is 129 cm³/mol. The van der Waals surface area contributed by atoms with E-state index in [-0.39, 0.29) is 39.1 Å². The SMILES string of the molecule is CC(C)(C)OC(=O)NCC(=O)NC(C[Se]Cc1ccccc1[N+](=O)[O-])C(=O)NC1CCCCC1. The third-order valence-corrected chi connectivity index (χ3v) is 7.40. The van der Waals surface area contributed by atoms with Gasteiger partial charge in [-0.2, -0.15) is 0 Å². The van der Waals surface area contributed by atoms with Crippen molar-refractivity contribution in [1.29, 1.82) is 0 Å². The number of nitro benzene ring substituents is 1. The van der Waals surface area contributed by atoms with E-state index in [9.17, 15) is 24.5 Å². The number of hydrogen-bond acceptors (Lipinski definition) is 6. The predicted octanol–water partition coefficient (Wildman–Crippen LogP) is 2.68. The number of benzene rings is 1. The van der Waals surface area contributed by atoms with E-state index in [1.54, 1.807) is 39.0 Å². The number of nitrogens with zero attached hydrogens (tertiary/aromatic N) is 1. The fourth-order valence-corrected chi connectivity index (χ4v) is 5.75. The molecule has 1 aliphatic rings. The van der Waals surface area contributed by atoms with E-state index in [2.05, 4.69) is 16.0 Å². The summed E-state index contributed by atoms with van der Waals surface area (Å²) in [5.74, 6) is -0.766. The Hall–Kier alpha value is -2.65. The first-order chi connectivity index (χ1) is 16.0. The molecular weight excluding hydrogens is 507 g/mol. The zero-order chi connectivity index (χ0) is 25.1. The minimum atomic E-state index is -0.780. The normalized spacial score (nSPS) is 15.1. The first kappa shape index (κ1) is 27.6. The number of nitro groups is 1. The van der Waals surface area contributed by atoms with E-state index >= 15 is 0 Å². The maximum absolute atomic E-state index is 13.0. The van der Waals surface area contributed by atoms with E-state index in [0.29, 0.717) is 16.2 Å². The number of nitrogens with one attached hydrogen (secondary N) is 3. The second-order valence-electron chi connectivity index (χ2n) is 9.22. The van der Waals surface area contributed by atoms with Crippen LogP contribution in [-0.4, -0.2) is 62.0 Å². The number of ether oxygens (including phenoxy) is 1. The van der Waals surface area contributed by atoms with Gasteiger partial charge in [0, 0.05) is 0 Å². The van der Waals surface area contributed by atoms with Crippen LogP contribution >= 0.6 is 0 Å². The second kappa shape index (κ2) is 13.3. The van der Waals surface area contributed by atoms with Crippen molar-refractivity contribution in [2.45, 2.75) is 81.2 Å². The van der Waals surface area contributed by atoms with Crippen LogP contribution in [0.15, 0.2) is 24.3 Å². The Morgan fingerprint density at radius 1 is 1.18 bits per heavy atom. The average Bonchev–Trinajstić information content (AvgIpc) is 2.76. The molecule has 1 aliphatic carbocycles. The zero-order valence-electron chi connectivity index (χ0n) is 19.9. The molecule has 0 aromatic heterocycles. The van der Waals surface area contributed by atoms with Gasteiger partial charge in [-0.15, -0.1) is 0 Å². The van der Waals surface area contributed by atoms with Crippen molar-refractivity contribution in [2.24, 2.45) is 0 Å². The maximum atomic E-state index is 13.0. The fraction of sp³-hybridized carbons (Fsp3) is 0.609. The number of carbonyl (C=O) groups excluding carboxylic acids is 3. The van der Waals surface area contributed by atoms with Crippen molar-refractivity contribution in [1.82, 2.24) is 16.0 Å². The van der Waals surface area contributed by atoms with E-state index in [0.717, 1.165) is 32.1 Å². The van der Waals surface area contributed by atoms with Gasteiger partial charge in [0.05, 0.1) is 0 Å². The van der Waals surface area contributed by atoms with Crippen LogP contribution in [0.1, 0.15) is 58.4 Å². The monoisotopic (exact) mass is 542 g/mol. The minimum absolute atomic E-state index is 0.0539. The van der Waals surface area contributed by atoms with Crippen LogP contribution in [0.4, 0.5) is 10.5 Å². The van der Waals surface area contributed by atoms with Gasteiger partial charge in [-0.1, -0.05) is 0 Å². The molecule has 3 N–H and O–H groups in total. The molecular formula is C23H34N4O6Se. The molecule has 0 heterocycles. The van der Waals surface area contributed by atoms with E-state index in [4.69, 9.17) is 4.74 Å². The molecule has 1 aromatic rings. The van der Waals surface area contributed by atoms with Crippen molar-refractivity contribution in [3.05, 3.63) is 39.9 Å². The van der Waals surface area contributed by atoms with Crippen LogP contribution in [0.2, 0.25) is 5.32 Å². The van der Waals surface area contributed by atoms with Crippen LogP contribution in [0.5, 0.6) is 0 Å². The van der Waals surface area contributed by atoms with E-state index < -0.39 is 28.6 Å². The zero-order valence-corrected chi connectivity index (χ0v) is 21.6. The summed E-state index contributed by atoms with van der Waals surface area (Å²) in [6.07, 6.45) is 4.38. The van der Waals surface area contributed by atoms with Crippen molar-refractivity contribution >= 4 is 38.6 Å². The topological polar surface area (TPSA) is 140 Å². The molecule has 0 saturated heterocycles. The Morgan fingerprint density at radius 2 is 1.85 bits per heavy atom. The second-order valence-corrected chi connectivity index (χ2v) is 11.4. The van der Waals surface area contributed by atoms with Crippen LogP contribution in [0.3, 0.4) is 0 Å². The van der Waals surface area contributed by atoms with E-state index in [1.807, 2.05) is 0 Å². The molecule has 0 aliphatic heterocycles. The molecule has 2 rings (SSSR count). The van der Waals surface area contributed by atoms with Gasteiger partial charge in [0.2, 0.25) is 0 Å². The molecule has 1 fully saturated rings. The van der Waals surface area contributed by atoms with Gasteiger partial charge in [0.25, 0.3) is 0 Å². The number of rotatable bonds is 10. The number of amides is 3. The summed E-state index contributed by atoms with van der Waals surface area (Å²) in [7, 11) is 0. The first-order valence-electron chi connectivity index (χ1n) is 11.4. The van der Waals surface area contributed by atoms with Crippen molar-refractivity contribution in [2.75, 3.05) is 6.54 Å². The summed E-state index contributed by atoms with van der Waals surface area (Å²) in [5, 5.41) is 20.2. The Kier molecular flexibility index (Phi) is 10.8.